The van der Waals surface area contributed by atoms with Gasteiger partial charge in [0, 0.05) is 29.6 Å². The zero-order chi connectivity index (χ0) is 26.2. The van der Waals surface area contributed by atoms with Crippen molar-refractivity contribution in [2.45, 2.75) is 63.6 Å². The summed E-state index contributed by atoms with van der Waals surface area (Å²) in [7, 11) is 0. The molecule has 1 fully saturated rings. The number of halogens is 3. The van der Waals surface area contributed by atoms with Gasteiger partial charge in [-0.25, -0.2) is 8.78 Å². The lowest BCUT2D eigenvalue weighted by Gasteiger charge is -2.33. The lowest BCUT2D eigenvalue weighted by atomic mass is 9.94. The molecule has 0 aliphatic heterocycles. The topological polar surface area (TPSA) is 49.4 Å². The first-order valence-corrected chi connectivity index (χ1v) is 13.1. The Morgan fingerprint density at radius 2 is 1.59 bits per heavy atom. The smallest absolute Gasteiger partial charge is 0.243 e. The monoisotopic (exact) mass is 524 g/mol. The summed E-state index contributed by atoms with van der Waals surface area (Å²) in [6.07, 6.45) is 5.06. The minimum atomic E-state index is -0.840. The fourth-order valence-corrected chi connectivity index (χ4v) is 5.07. The normalized spacial score (nSPS) is 14.7. The van der Waals surface area contributed by atoms with Gasteiger partial charge in [0.15, 0.2) is 0 Å². The van der Waals surface area contributed by atoms with Crippen molar-refractivity contribution in [2.75, 3.05) is 0 Å². The van der Waals surface area contributed by atoms with E-state index in [2.05, 4.69) is 5.32 Å². The summed E-state index contributed by atoms with van der Waals surface area (Å²) in [4.78, 5) is 29.0. The van der Waals surface area contributed by atoms with Gasteiger partial charge < -0.3 is 10.2 Å². The van der Waals surface area contributed by atoms with Crippen molar-refractivity contribution in [3.8, 4) is 0 Å². The third-order valence-corrected chi connectivity index (χ3v) is 7.23. The number of carbonyl (C=O) groups is 2. The van der Waals surface area contributed by atoms with Crippen LogP contribution in [0, 0.1) is 11.6 Å². The lowest BCUT2D eigenvalue weighted by Crippen LogP contribution is -2.53. The van der Waals surface area contributed by atoms with E-state index in [0.717, 1.165) is 37.7 Å². The molecule has 0 aromatic heterocycles. The molecule has 0 unspecified atom stereocenters. The number of rotatable bonds is 9. The quantitative estimate of drug-likeness (QED) is 0.360. The highest BCUT2D eigenvalue weighted by Crippen LogP contribution is 2.23. The van der Waals surface area contributed by atoms with Gasteiger partial charge in [-0.05, 0) is 48.2 Å². The standard InChI is InChI=1S/C30H31ClF2N2O2/c31-26-12-7-13-27(33)25(26)19-29(36)35(20-22-14-16-23(32)17-15-22)28(18-21-8-3-1-4-9-21)30(37)34-24-10-5-2-6-11-24/h1,3-4,7-9,12-17,24,28H,2,5-6,10-11,18-20H2,(H,34,37)/t28-/m0/s1. The van der Waals surface area contributed by atoms with Crippen LogP contribution in [-0.2, 0) is 29.0 Å². The summed E-state index contributed by atoms with van der Waals surface area (Å²) in [6.45, 7) is 0.0702. The first-order valence-electron chi connectivity index (χ1n) is 12.7. The zero-order valence-corrected chi connectivity index (χ0v) is 21.4. The Morgan fingerprint density at radius 1 is 0.892 bits per heavy atom. The Morgan fingerprint density at radius 3 is 2.27 bits per heavy atom. The molecule has 1 aliphatic rings. The van der Waals surface area contributed by atoms with Crippen LogP contribution in [0.5, 0.6) is 0 Å². The van der Waals surface area contributed by atoms with Crippen molar-refractivity contribution in [3.63, 3.8) is 0 Å². The van der Waals surface area contributed by atoms with E-state index in [1.807, 2.05) is 30.3 Å². The number of hydrogen-bond acceptors (Lipinski definition) is 2. The molecule has 0 bridgehead atoms. The SMILES string of the molecule is O=C(NC1CCCCC1)[C@H](Cc1ccccc1)N(Cc1ccc(F)cc1)C(=O)Cc1c(F)cccc1Cl. The summed E-state index contributed by atoms with van der Waals surface area (Å²) in [6, 6.07) is 18.8. The summed E-state index contributed by atoms with van der Waals surface area (Å²) in [5.41, 5.74) is 1.65. The number of hydrogen-bond donors (Lipinski definition) is 1. The Balaban J connectivity index is 1.68. The predicted octanol–water partition coefficient (Wildman–Crippen LogP) is 6.25. The van der Waals surface area contributed by atoms with Crippen molar-refractivity contribution in [3.05, 3.63) is 106 Å². The van der Waals surface area contributed by atoms with E-state index in [4.69, 9.17) is 11.6 Å². The minimum Gasteiger partial charge on any atom is -0.352 e. The fraction of sp³-hybridized carbons (Fsp3) is 0.333. The maximum Gasteiger partial charge on any atom is 0.243 e. The second-order valence-electron chi connectivity index (χ2n) is 9.57. The highest BCUT2D eigenvalue weighted by atomic mass is 35.5. The van der Waals surface area contributed by atoms with Crippen LogP contribution in [-0.4, -0.2) is 28.8 Å². The highest BCUT2D eigenvalue weighted by molar-refractivity contribution is 6.31. The molecule has 194 valence electrons. The predicted molar refractivity (Wildman–Crippen MR) is 141 cm³/mol. The first-order chi connectivity index (χ1) is 17.9. The number of carbonyl (C=O) groups excluding carboxylic acids is 2. The van der Waals surface area contributed by atoms with Crippen LogP contribution >= 0.6 is 11.6 Å². The number of nitrogens with zero attached hydrogens (tertiary/aromatic N) is 1. The second kappa shape index (κ2) is 12.8. The fourth-order valence-electron chi connectivity index (χ4n) is 4.84. The number of amides is 2. The van der Waals surface area contributed by atoms with Crippen LogP contribution in [0.1, 0.15) is 48.8 Å². The third-order valence-electron chi connectivity index (χ3n) is 6.88. The maximum absolute atomic E-state index is 14.6. The molecule has 0 heterocycles. The van der Waals surface area contributed by atoms with Crippen molar-refractivity contribution in [2.24, 2.45) is 0 Å². The molecule has 2 amide bonds. The van der Waals surface area contributed by atoms with E-state index >= 15 is 0 Å². The van der Waals surface area contributed by atoms with Crippen molar-refractivity contribution < 1.29 is 18.4 Å². The van der Waals surface area contributed by atoms with Gasteiger partial charge in [0.1, 0.15) is 17.7 Å². The maximum atomic E-state index is 14.6. The van der Waals surface area contributed by atoms with Crippen LogP contribution in [0.25, 0.3) is 0 Å². The Hall–Kier alpha value is -3.25. The largest absolute Gasteiger partial charge is 0.352 e. The van der Waals surface area contributed by atoms with Crippen molar-refractivity contribution >= 4 is 23.4 Å². The van der Waals surface area contributed by atoms with Crippen LogP contribution in [0.4, 0.5) is 8.78 Å². The summed E-state index contributed by atoms with van der Waals surface area (Å²) in [5.74, 6) is -1.65. The molecule has 37 heavy (non-hydrogen) atoms. The summed E-state index contributed by atoms with van der Waals surface area (Å²) < 4.78 is 28.2. The molecule has 1 N–H and O–H groups in total. The molecule has 4 rings (SSSR count). The van der Waals surface area contributed by atoms with E-state index in [1.165, 1.54) is 35.2 Å². The van der Waals surface area contributed by atoms with E-state index in [9.17, 15) is 18.4 Å². The lowest BCUT2D eigenvalue weighted by molar-refractivity contribution is -0.141. The molecule has 4 nitrogen and oxygen atoms in total. The van der Waals surface area contributed by atoms with E-state index in [0.29, 0.717) is 5.56 Å². The van der Waals surface area contributed by atoms with Crippen LogP contribution in [0.15, 0.2) is 72.8 Å². The first kappa shape index (κ1) is 26.8. The zero-order valence-electron chi connectivity index (χ0n) is 20.6. The number of benzene rings is 3. The molecule has 0 spiro atoms. The van der Waals surface area contributed by atoms with Gasteiger partial charge in [-0.1, -0.05) is 79.4 Å². The minimum absolute atomic E-state index is 0.0586. The molecular weight excluding hydrogens is 494 g/mol. The molecule has 3 aromatic rings. The van der Waals surface area contributed by atoms with Gasteiger partial charge >= 0.3 is 0 Å². The van der Waals surface area contributed by atoms with Gasteiger partial charge in [0.25, 0.3) is 0 Å². The van der Waals surface area contributed by atoms with Crippen molar-refractivity contribution in [1.82, 2.24) is 10.2 Å². The van der Waals surface area contributed by atoms with Gasteiger partial charge in [-0.3, -0.25) is 9.59 Å². The Labute approximate surface area is 221 Å². The van der Waals surface area contributed by atoms with Gasteiger partial charge in [-0.15, -0.1) is 0 Å². The Kier molecular flexibility index (Phi) is 9.29. The van der Waals surface area contributed by atoms with E-state index < -0.39 is 23.6 Å². The Bertz CT molecular complexity index is 1180. The van der Waals surface area contributed by atoms with Crippen LogP contribution in [0.3, 0.4) is 0 Å². The summed E-state index contributed by atoms with van der Waals surface area (Å²) >= 11 is 6.22. The third kappa shape index (κ3) is 7.39. The molecule has 3 aromatic carbocycles. The average molecular weight is 525 g/mol. The molecule has 0 saturated heterocycles. The molecule has 1 aliphatic carbocycles. The summed E-state index contributed by atoms with van der Waals surface area (Å²) in [5, 5.41) is 3.32. The molecule has 1 saturated carbocycles. The van der Waals surface area contributed by atoms with Crippen LogP contribution < -0.4 is 5.32 Å². The van der Waals surface area contributed by atoms with Crippen LogP contribution in [0.2, 0.25) is 5.02 Å². The van der Waals surface area contributed by atoms with Gasteiger partial charge in [-0.2, -0.15) is 0 Å². The molecular formula is C30H31ClF2N2O2. The molecule has 7 heteroatoms. The van der Waals surface area contributed by atoms with E-state index in [-0.39, 0.29) is 41.9 Å². The second-order valence-corrected chi connectivity index (χ2v) is 9.98. The molecule has 1 atom stereocenters. The molecule has 0 radical (unpaired) electrons. The van der Waals surface area contributed by atoms with E-state index in [1.54, 1.807) is 12.1 Å². The highest BCUT2D eigenvalue weighted by Gasteiger charge is 2.32. The number of nitrogens with one attached hydrogen (secondary N) is 1. The van der Waals surface area contributed by atoms with Crippen molar-refractivity contribution in [1.29, 1.82) is 0 Å². The van der Waals surface area contributed by atoms with Gasteiger partial charge in [0.2, 0.25) is 11.8 Å². The van der Waals surface area contributed by atoms with Gasteiger partial charge in [0.05, 0.1) is 6.42 Å². The average Bonchev–Trinajstić information content (AvgIpc) is 2.90.